The normalized spacial score (nSPS) is 15.1. The first kappa shape index (κ1) is 11.7. The minimum Gasteiger partial charge on any atom is -0.339 e. The highest BCUT2D eigenvalue weighted by Gasteiger charge is 2.35. The summed E-state index contributed by atoms with van der Waals surface area (Å²) in [5, 5.41) is 6.59. The van der Waals surface area contributed by atoms with E-state index in [1.54, 1.807) is 11.8 Å². The van der Waals surface area contributed by atoms with E-state index in [9.17, 15) is 4.79 Å². The highest BCUT2D eigenvalue weighted by Crippen LogP contribution is 2.26. The number of nitrogens with zero attached hydrogens (tertiary/aromatic N) is 3. The number of urea groups is 1. The number of aryl methyl sites for hydroxylation is 1. The molecule has 0 saturated carbocycles. The van der Waals surface area contributed by atoms with E-state index in [-0.39, 0.29) is 11.9 Å². The molecule has 0 atom stereocenters. The number of benzene rings is 1. The second-order valence-electron chi connectivity index (χ2n) is 4.58. The van der Waals surface area contributed by atoms with Gasteiger partial charge in [0, 0.05) is 18.8 Å². The van der Waals surface area contributed by atoms with Gasteiger partial charge in [0.2, 0.25) is 5.89 Å². The van der Waals surface area contributed by atoms with Crippen molar-refractivity contribution in [3.8, 4) is 0 Å². The fraction of sp³-hybridized carbons (Fsp3) is 0.308. The van der Waals surface area contributed by atoms with Crippen molar-refractivity contribution in [1.29, 1.82) is 0 Å². The van der Waals surface area contributed by atoms with Gasteiger partial charge in [-0.05, 0) is 19.1 Å². The Balaban J connectivity index is 1.54. The van der Waals surface area contributed by atoms with Gasteiger partial charge in [0.05, 0.1) is 5.92 Å². The summed E-state index contributed by atoms with van der Waals surface area (Å²) in [4.78, 5) is 17.8. The smallest absolute Gasteiger partial charge is 0.321 e. The number of anilines is 1. The van der Waals surface area contributed by atoms with Crippen LogP contribution in [0.25, 0.3) is 0 Å². The van der Waals surface area contributed by atoms with Crippen LogP contribution in [0.4, 0.5) is 10.5 Å². The quantitative estimate of drug-likeness (QED) is 0.894. The van der Waals surface area contributed by atoms with Crippen molar-refractivity contribution in [2.75, 3.05) is 18.4 Å². The molecular weight excluding hydrogens is 244 g/mol. The van der Waals surface area contributed by atoms with E-state index >= 15 is 0 Å². The molecule has 2 heterocycles. The molecule has 0 bridgehead atoms. The third kappa shape index (κ3) is 2.42. The Morgan fingerprint density at radius 2 is 2.11 bits per heavy atom. The predicted molar refractivity (Wildman–Crippen MR) is 68.8 cm³/mol. The van der Waals surface area contributed by atoms with E-state index in [2.05, 4.69) is 15.5 Å². The number of aromatic nitrogens is 2. The first-order chi connectivity index (χ1) is 9.22. The van der Waals surface area contributed by atoms with Crippen molar-refractivity contribution in [3.63, 3.8) is 0 Å². The van der Waals surface area contributed by atoms with E-state index < -0.39 is 0 Å². The molecule has 1 fully saturated rings. The summed E-state index contributed by atoms with van der Waals surface area (Å²) >= 11 is 0. The van der Waals surface area contributed by atoms with Crippen molar-refractivity contribution >= 4 is 11.7 Å². The number of amides is 2. The molecule has 0 unspecified atom stereocenters. The second kappa shape index (κ2) is 4.72. The van der Waals surface area contributed by atoms with Gasteiger partial charge >= 0.3 is 6.03 Å². The third-order valence-electron chi connectivity index (χ3n) is 3.09. The summed E-state index contributed by atoms with van der Waals surface area (Å²) in [5.41, 5.74) is 0.796. The minimum absolute atomic E-state index is 0.0984. The summed E-state index contributed by atoms with van der Waals surface area (Å²) in [7, 11) is 0. The zero-order chi connectivity index (χ0) is 13.2. The highest BCUT2D eigenvalue weighted by molar-refractivity contribution is 5.89. The molecule has 19 heavy (non-hydrogen) atoms. The lowest BCUT2D eigenvalue weighted by Crippen LogP contribution is -2.50. The lowest BCUT2D eigenvalue weighted by Gasteiger charge is -2.36. The van der Waals surface area contributed by atoms with Crippen molar-refractivity contribution < 1.29 is 9.32 Å². The van der Waals surface area contributed by atoms with Crippen molar-refractivity contribution in [2.45, 2.75) is 12.8 Å². The summed E-state index contributed by atoms with van der Waals surface area (Å²) < 4.78 is 5.10. The topological polar surface area (TPSA) is 71.3 Å². The predicted octanol–water partition coefficient (Wildman–Crippen LogP) is 2.01. The summed E-state index contributed by atoms with van der Waals surface area (Å²) in [5.74, 6) is 1.39. The van der Waals surface area contributed by atoms with Crippen LogP contribution in [-0.4, -0.2) is 34.2 Å². The summed E-state index contributed by atoms with van der Waals surface area (Å²) in [6.45, 7) is 3.01. The number of rotatable bonds is 2. The zero-order valence-corrected chi connectivity index (χ0v) is 10.5. The van der Waals surface area contributed by atoms with E-state index in [1.165, 1.54) is 0 Å². The van der Waals surface area contributed by atoms with Gasteiger partial charge in [-0.15, -0.1) is 0 Å². The van der Waals surface area contributed by atoms with Gasteiger partial charge in [-0.2, -0.15) is 4.98 Å². The van der Waals surface area contributed by atoms with Crippen LogP contribution in [0.2, 0.25) is 0 Å². The zero-order valence-electron chi connectivity index (χ0n) is 10.5. The molecule has 0 radical (unpaired) electrons. The number of hydrogen-bond donors (Lipinski definition) is 1. The number of para-hydroxylation sites is 1. The van der Waals surface area contributed by atoms with Crippen LogP contribution >= 0.6 is 0 Å². The fourth-order valence-electron chi connectivity index (χ4n) is 2.00. The lowest BCUT2D eigenvalue weighted by atomic mass is 10.0. The molecule has 1 saturated heterocycles. The SMILES string of the molecule is Cc1noc(C2CN(C(=O)Nc3ccccc3)C2)n1. The van der Waals surface area contributed by atoms with Crippen molar-refractivity contribution in [1.82, 2.24) is 15.0 Å². The lowest BCUT2D eigenvalue weighted by molar-refractivity contribution is 0.147. The summed E-state index contributed by atoms with van der Waals surface area (Å²) in [6.07, 6.45) is 0. The Morgan fingerprint density at radius 1 is 1.37 bits per heavy atom. The average molecular weight is 258 g/mol. The van der Waals surface area contributed by atoms with Gasteiger partial charge in [-0.1, -0.05) is 23.4 Å². The van der Waals surface area contributed by atoms with Gasteiger partial charge in [-0.3, -0.25) is 0 Å². The van der Waals surface area contributed by atoms with Gasteiger partial charge in [0.1, 0.15) is 0 Å². The largest absolute Gasteiger partial charge is 0.339 e. The van der Waals surface area contributed by atoms with Crippen molar-refractivity contribution in [2.24, 2.45) is 0 Å². The molecule has 1 aliphatic rings. The highest BCUT2D eigenvalue weighted by atomic mass is 16.5. The molecule has 0 spiro atoms. The maximum absolute atomic E-state index is 11.9. The monoisotopic (exact) mass is 258 g/mol. The first-order valence-corrected chi connectivity index (χ1v) is 6.13. The minimum atomic E-state index is -0.0984. The Kier molecular flexibility index (Phi) is 2.91. The van der Waals surface area contributed by atoms with Crippen LogP contribution in [-0.2, 0) is 0 Å². The molecule has 0 aliphatic carbocycles. The van der Waals surface area contributed by atoms with E-state index in [0.717, 1.165) is 5.69 Å². The van der Waals surface area contributed by atoms with Gasteiger partial charge in [0.25, 0.3) is 0 Å². The van der Waals surface area contributed by atoms with E-state index in [0.29, 0.717) is 24.8 Å². The molecule has 2 amide bonds. The second-order valence-corrected chi connectivity index (χ2v) is 4.58. The van der Waals surface area contributed by atoms with Crippen LogP contribution in [0.1, 0.15) is 17.6 Å². The third-order valence-corrected chi connectivity index (χ3v) is 3.09. The van der Waals surface area contributed by atoms with Crippen LogP contribution in [0.5, 0.6) is 0 Å². The van der Waals surface area contributed by atoms with Crippen LogP contribution in [0.15, 0.2) is 34.9 Å². The molecule has 3 rings (SSSR count). The van der Waals surface area contributed by atoms with Crippen molar-refractivity contribution in [3.05, 3.63) is 42.0 Å². The molecule has 2 aromatic rings. The van der Waals surface area contributed by atoms with Gasteiger partial charge in [-0.25, -0.2) is 4.79 Å². The molecule has 1 N–H and O–H groups in total. The van der Waals surface area contributed by atoms with Gasteiger partial charge < -0.3 is 14.7 Å². The Bertz CT molecular complexity index is 575. The molecular formula is C13H14N4O2. The molecule has 98 valence electrons. The number of likely N-dealkylation sites (tertiary alicyclic amines) is 1. The number of hydrogen-bond acceptors (Lipinski definition) is 4. The number of carbonyl (C=O) groups is 1. The Hall–Kier alpha value is -2.37. The summed E-state index contributed by atoms with van der Waals surface area (Å²) in [6, 6.07) is 9.30. The Labute approximate surface area is 110 Å². The van der Waals surface area contributed by atoms with Gasteiger partial charge in [0.15, 0.2) is 5.82 Å². The maximum atomic E-state index is 11.9. The standard InChI is InChI=1S/C13H14N4O2/c1-9-14-12(19-16-9)10-7-17(8-10)13(18)15-11-5-3-2-4-6-11/h2-6,10H,7-8H2,1H3,(H,15,18). The van der Waals surface area contributed by atoms with Crippen LogP contribution in [0.3, 0.4) is 0 Å². The maximum Gasteiger partial charge on any atom is 0.321 e. The molecule has 1 aromatic heterocycles. The van der Waals surface area contributed by atoms with E-state index in [4.69, 9.17) is 4.52 Å². The Morgan fingerprint density at radius 3 is 2.74 bits per heavy atom. The number of nitrogens with one attached hydrogen (secondary N) is 1. The molecule has 1 aromatic carbocycles. The van der Waals surface area contributed by atoms with Crippen LogP contribution in [0, 0.1) is 6.92 Å². The molecule has 1 aliphatic heterocycles. The first-order valence-electron chi connectivity index (χ1n) is 6.13. The van der Waals surface area contributed by atoms with Crippen LogP contribution < -0.4 is 5.32 Å². The fourth-order valence-corrected chi connectivity index (χ4v) is 2.00. The van der Waals surface area contributed by atoms with E-state index in [1.807, 2.05) is 30.3 Å². The molecule has 6 nitrogen and oxygen atoms in total. The number of carbonyl (C=O) groups excluding carboxylic acids is 1. The molecule has 6 heteroatoms. The average Bonchev–Trinajstić information content (AvgIpc) is 2.75.